The molecule has 0 unspecified atom stereocenters. The van der Waals surface area contributed by atoms with Gasteiger partial charge in [-0.05, 0) is 51.4 Å². The van der Waals surface area contributed by atoms with E-state index in [1.165, 1.54) is 12.8 Å². The van der Waals surface area contributed by atoms with Crippen LogP contribution < -0.4 is 0 Å². The second-order valence-electron chi connectivity index (χ2n) is 6.17. The van der Waals surface area contributed by atoms with E-state index in [0.717, 1.165) is 44.7 Å². The fraction of sp³-hybridized carbons (Fsp3) is 0.895. The first-order valence-corrected chi connectivity index (χ1v) is 9.37. The minimum Gasteiger partial charge on any atom is -0.342 e. The van der Waals surface area contributed by atoms with E-state index in [1.54, 1.807) is 6.92 Å². The van der Waals surface area contributed by atoms with Crippen LogP contribution in [0.15, 0.2) is 0 Å². The van der Waals surface area contributed by atoms with E-state index in [0.29, 0.717) is 5.91 Å². The molecule has 0 aromatic rings. The van der Waals surface area contributed by atoms with Crippen molar-refractivity contribution in [2.24, 2.45) is 17.8 Å². The summed E-state index contributed by atoms with van der Waals surface area (Å²) in [5.74, 6) is 1.88. The van der Waals surface area contributed by atoms with Gasteiger partial charge in [0.1, 0.15) is 5.78 Å². The molecule has 22 heavy (non-hydrogen) atoms. The molecule has 1 saturated carbocycles. The monoisotopic (exact) mass is 311 g/mol. The van der Waals surface area contributed by atoms with Crippen molar-refractivity contribution in [3.05, 3.63) is 0 Å². The lowest BCUT2D eigenvalue weighted by molar-refractivity contribution is -0.139. The summed E-state index contributed by atoms with van der Waals surface area (Å²) in [6, 6.07) is 0. The van der Waals surface area contributed by atoms with Gasteiger partial charge in [-0.15, -0.1) is 0 Å². The van der Waals surface area contributed by atoms with Crippen LogP contribution in [0.2, 0.25) is 0 Å². The molecule has 2 rings (SSSR count). The summed E-state index contributed by atoms with van der Waals surface area (Å²) < 4.78 is 0. The highest BCUT2D eigenvalue weighted by Gasteiger charge is 2.31. The minimum absolute atomic E-state index is 0.195. The number of rotatable bonds is 2. The molecule has 2 fully saturated rings. The summed E-state index contributed by atoms with van der Waals surface area (Å²) >= 11 is 0. The Hall–Kier alpha value is -0.860. The molecule has 1 amide bonds. The van der Waals surface area contributed by atoms with Crippen LogP contribution in [0, 0.1) is 17.8 Å². The summed E-state index contributed by atoms with van der Waals surface area (Å²) in [6.45, 7) is 13.5. The average Bonchev–Trinajstić information content (AvgIpc) is 2.58. The molecule has 0 atom stereocenters. The second kappa shape index (κ2) is 11.7. The lowest BCUT2D eigenvalue weighted by atomic mass is 9.82. The van der Waals surface area contributed by atoms with Crippen LogP contribution in [0.5, 0.6) is 0 Å². The maximum Gasteiger partial charge on any atom is 0.225 e. The maximum absolute atomic E-state index is 12.4. The molecule has 0 N–H and O–H groups in total. The summed E-state index contributed by atoms with van der Waals surface area (Å²) in [6.07, 6.45) is 6.24. The minimum atomic E-state index is 0.195. The third-order valence-corrected chi connectivity index (χ3v) is 4.75. The Bertz CT molecular complexity index is 311. The SMILES string of the molecule is CC.CC.CC(=O)C1CCN(C(=O)C2CCC(C)CC2)CC1. The summed E-state index contributed by atoms with van der Waals surface area (Å²) in [5, 5.41) is 0. The molecular weight excluding hydrogens is 274 g/mol. The molecule has 130 valence electrons. The quantitative estimate of drug-likeness (QED) is 0.741. The zero-order valence-corrected chi connectivity index (χ0v) is 15.7. The molecule has 1 saturated heterocycles. The third kappa shape index (κ3) is 6.50. The molecule has 0 aromatic heterocycles. The third-order valence-electron chi connectivity index (χ3n) is 4.75. The lowest BCUT2D eigenvalue weighted by Crippen LogP contribution is -2.43. The normalized spacial score (nSPS) is 25.3. The Morgan fingerprint density at radius 1 is 0.773 bits per heavy atom. The van der Waals surface area contributed by atoms with Crippen LogP contribution in [0.4, 0.5) is 0 Å². The largest absolute Gasteiger partial charge is 0.342 e. The predicted octanol–water partition coefficient (Wildman–Crippen LogP) is 4.69. The van der Waals surface area contributed by atoms with Crippen molar-refractivity contribution in [3.8, 4) is 0 Å². The molecule has 2 aliphatic rings. The zero-order valence-electron chi connectivity index (χ0n) is 15.7. The number of amides is 1. The van der Waals surface area contributed by atoms with Crippen LogP contribution in [-0.4, -0.2) is 29.7 Å². The van der Waals surface area contributed by atoms with Crippen molar-refractivity contribution in [1.82, 2.24) is 4.90 Å². The van der Waals surface area contributed by atoms with Crippen molar-refractivity contribution in [1.29, 1.82) is 0 Å². The van der Waals surface area contributed by atoms with E-state index in [-0.39, 0.29) is 17.6 Å². The first-order valence-electron chi connectivity index (χ1n) is 9.37. The van der Waals surface area contributed by atoms with E-state index in [1.807, 2.05) is 32.6 Å². The second-order valence-corrected chi connectivity index (χ2v) is 6.17. The van der Waals surface area contributed by atoms with Gasteiger partial charge in [0.2, 0.25) is 5.91 Å². The summed E-state index contributed by atoms with van der Waals surface area (Å²) in [4.78, 5) is 25.7. The molecule has 1 aliphatic carbocycles. The van der Waals surface area contributed by atoms with Gasteiger partial charge in [0.15, 0.2) is 0 Å². The van der Waals surface area contributed by atoms with Crippen LogP contribution >= 0.6 is 0 Å². The van der Waals surface area contributed by atoms with Crippen molar-refractivity contribution in [2.75, 3.05) is 13.1 Å². The van der Waals surface area contributed by atoms with E-state index >= 15 is 0 Å². The Labute approximate surface area is 137 Å². The Balaban J connectivity index is 0.00000102. The Kier molecular flexibility index (Phi) is 11.2. The van der Waals surface area contributed by atoms with Crippen molar-refractivity contribution in [3.63, 3.8) is 0 Å². The number of hydrogen-bond donors (Lipinski definition) is 0. The highest BCUT2D eigenvalue weighted by atomic mass is 16.2. The number of carbonyl (C=O) groups excluding carboxylic acids is 2. The molecule has 1 aliphatic heterocycles. The number of ketones is 1. The number of likely N-dealkylation sites (tertiary alicyclic amines) is 1. The molecular formula is C19H37NO2. The standard InChI is InChI=1S/C15H25NO2.2C2H6/c1-11-3-5-14(6-4-11)15(18)16-9-7-13(8-10-16)12(2)17;2*1-2/h11,13-14H,3-10H2,1-2H3;2*1-2H3. The molecule has 3 nitrogen and oxygen atoms in total. The maximum atomic E-state index is 12.4. The van der Waals surface area contributed by atoms with Gasteiger partial charge >= 0.3 is 0 Å². The number of nitrogens with zero attached hydrogens (tertiary/aromatic N) is 1. The molecule has 0 spiro atoms. The predicted molar refractivity (Wildman–Crippen MR) is 93.8 cm³/mol. The Morgan fingerprint density at radius 2 is 1.23 bits per heavy atom. The van der Waals surface area contributed by atoms with Gasteiger partial charge in [-0.2, -0.15) is 0 Å². The highest BCUT2D eigenvalue weighted by Crippen LogP contribution is 2.30. The van der Waals surface area contributed by atoms with Gasteiger partial charge in [-0.1, -0.05) is 34.6 Å². The van der Waals surface area contributed by atoms with Gasteiger partial charge in [-0.25, -0.2) is 0 Å². The van der Waals surface area contributed by atoms with Crippen LogP contribution in [-0.2, 0) is 9.59 Å². The summed E-state index contributed by atoms with van der Waals surface area (Å²) in [7, 11) is 0. The van der Waals surface area contributed by atoms with Gasteiger partial charge < -0.3 is 4.90 Å². The number of carbonyl (C=O) groups is 2. The zero-order chi connectivity index (χ0) is 17.1. The average molecular weight is 312 g/mol. The molecule has 3 heteroatoms. The Morgan fingerprint density at radius 3 is 1.64 bits per heavy atom. The van der Waals surface area contributed by atoms with Gasteiger partial charge in [0, 0.05) is 24.9 Å². The molecule has 0 aromatic carbocycles. The lowest BCUT2D eigenvalue weighted by Gasteiger charge is -2.35. The first-order chi connectivity index (χ1) is 10.6. The van der Waals surface area contributed by atoms with Crippen LogP contribution in [0.1, 0.15) is 80.1 Å². The summed E-state index contributed by atoms with van der Waals surface area (Å²) in [5.41, 5.74) is 0. The molecule has 0 radical (unpaired) electrons. The fourth-order valence-electron chi connectivity index (χ4n) is 3.27. The fourth-order valence-corrected chi connectivity index (χ4v) is 3.27. The smallest absolute Gasteiger partial charge is 0.225 e. The van der Waals surface area contributed by atoms with E-state index in [9.17, 15) is 9.59 Å². The highest BCUT2D eigenvalue weighted by molar-refractivity contribution is 5.81. The van der Waals surface area contributed by atoms with Crippen molar-refractivity contribution in [2.45, 2.75) is 80.1 Å². The van der Waals surface area contributed by atoms with E-state index in [4.69, 9.17) is 0 Å². The molecule has 1 heterocycles. The topological polar surface area (TPSA) is 37.4 Å². The van der Waals surface area contributed by atoms with Gasteiger partial charge in [-0.3, -0.25) is 9.59 Å². The van der Waals surface area contributed by atoms with Crippen LogP contribution in [0.25, 0.3) is 0 Å². The van der Waals surface area contributed by atoms with E-state index < -0.39 is 0 Å². The van der Waals surface area contributed by atoms with Crippen LogP contribution in [0.3, 0.4) is 0 Å². The number of hydrogen-bond acceptors (Lipinski definition) is 2. The van der Waals surface area contributed by atoms with Gasteiger partial charge in [0.05, 0.1) is 0 Å². The van der Waals surface area contributed by atoms with Crippen molar-refractivity contribution < 1.29 is 9.59 Å². The first kappa shape index (κ1) is 21.1. The molecule has 0 bridgehead atoms. The van der Waals surface area contributed by atoms with Crippen molar-refractivity contribution >= 4 is 11.7 Å². The number of piperidine rings is 1. The van der Waals surface area contributed by atoms with Gasteiger partial charge in [0.25, 0.3) is 0 Å². The number of Topliss-reactive ketones (excluding diaryl/α,β-unsaturated/α-hetero) is 1. The van der Waals surface area contributed by atoms with E-state index in [2.05, 4.69) is 6.92 Å².